The molecule has 1 amide bonds. The van der Waals surface area contributed by atoms with Crippen LogP contribution in [0.3, 0.4) is 0 Å². The number of hydrogen-bond donors (Lipinski definition) is 1. The lowest BCUT2D eigenvalue weighted by molar-refractivity contribution is 0.0501. The summed E-state index contributed by atoms with van der Waals surface area (Å²) in [5.41, 5.74) is 2.55. The van der Waals surface area contributed by atoms with Gasteiger partial charge in [0.25, 0.3) is 5.91 Å². The highest BCUT2D eigenvalue weighted by molar-refractivity contribution is 6.40. The van der Waals surface area contributed by atoms with Crippen molar-refractivity contribution in [2.45, 2.75) is 19.8 Å². The molecule has 3 aromatic rings. The molecule has 3 rings (SSSR count). The van der Waals surface area contributed by atoms with Gasteiger partial charge in [-0.1, -0.05) is 79.0 Å². The van der Waals surface area contributed by atoms with Crippen LogP contribution in [-0.4, -0.2) is 18.5 Å². The number of carbonyl (C=O) groups excluding carboxylic acids is 2. The zero-order chi connectivity index (χ0) is 21.5. The maximum absolute atomic E-state index is 12.9. The van der Waals surface area contributed by atoms with Gasteiger partial charge in [0.1, 0.15) is 0 Å². The minimum atomic E-state index is -0.501. The van der Waals surface area contributed by atoms with Crippen molar-refractivity contribution >= 4 is 40.8 Å². The monoisotopic (exact) mass is 441 g/mol. The van der Waals surface area contributed by atoms with Gasteiger partial charge in [0.05, 0.1) is 33.5 Å². The van der Waals surface area contributed by atoms with Crippen LogP contribution in [0.1, 0.15) is 40.5 Å². The molecule has 0 spiro atoms. The number of anilines is 1. The second-order valence-electron chi connectivity index (χ2n) is 6.67. The lowest BCUT2D eigenvalue weighted by Gasteiger charge is -2.14. The highest BCUT2D eigenvalue weighted by Crippen LogP contribution is 2.29. The minimum Gasteiger partial charge on any atom is -0.462 e. The van der Waals surface area contributed by atoms with Crippen LogP contribution in [0.5, 0.6) is 0 Å². The van der Waals surface area contributed by atoms with Crippen molar-refractivity contribution in [1.82, 2.24) is 0 Å². The third-order valence-electron chi connectivity index (χ3n) is 4.52. The van der Waals surface area contributed by atoms with Gasteiger partial charge in [-0.25, -0.2) is 4.79 Å². The number of benzene rings is 3. The Kier molecular flexibility index (Phi) is 7.50. The molecule has 4 nitrogen and oxygen atoms in total. The molecule has 0 saturated carbocycles. The third kappa shape index (κ3) is 5.21. The van der Waals surface area contributed by atoms with Crippen LogP contribution in [0.2, 0.25) is 10.0 Å². The van der Waals surface area contributed by atoms with Crippen LogP contribution in [0.15, 0.2) is 66.7 Å². The summed E-state index contributed by atoms with van der Waals surface area (Å²) in [7, 11) is 0. The molecular weight excluding hydrogens is 421 g/mol. The van der Waals surface area contributed by atoms with Gasteiger partial charge in [-0.15, -0.1) is 0 Å². The number of halogens is 2. The lowest BCUT2D eigenvalue weighted by Crippen LogP contribution is -2.17. The summed E-state index contributed by atoms with van der Waals surface area (Å²) in [6.07, 6.45) is 1.68. The maximum Gasteiger partial charge on any atom is 0.340 e. The summed E-state index contributed by atoms with van der Waals surface area (Å²) in [6, 6.07) is 19.7. The standard InChI is InChI=1S/C24H21Cl2NO3/c1-2-3-14-30-24(29)18-13-12-17(16-8-5-4-6-9-16)15-21(18)27-23(28)22-19(25)10-7-11-20(22)26/h4-13,15H,2-3,14H2,1H3,(H,27,28). The molecular formula is C24H21Cl2NO3. The molecule has 1 N–H and O–H groups in total. The highest BCUT2D eigenvalue weighted by atomic mass is 35.5. The molecule has 0 atom stereocenters. The Morgan fingerprint density at radius 1 is 0.900 bits per heavy atom. The first-order chi connectivity index (χ1) is 14.5. The topological polar surface area (TPSA) is 55.4 Å². The van der Waals surface area contributed by atoms with E-state index >= 15 is 0 Å². The number of unbranched alkanes of at least 4 members (excludes halogenated alkanes) is 1. The molecule has 0 aliphatic carbocycles. The zero-order valence-corrected chi connectivity index (χ0v) is 18.0. The average Bonchev–Trinajstić information content (AvgIpc) is 2.74. The third-order valence-corrected chi connectivity index (χ3v) is 5.15. The summed E-state index contributed by atoms with van der Waals surface area (Å²) in [4.78, 5) is 25.5. The molecule has 154 valence electrons. The Morgan fingerprint density at radius 2 is 1.60 bits per heavy atom. The Hall–Kier alpha value is -2.82. The van der Waals surface area contributed by atoms with Gasteiger partial charge < -0.3 is 10.1 Å². The van der Waals surface area contributed by atoms with Crippen LogP contribution in [0.25, 0.3) is 11.1 Å². The van der Waals surface area contributed by atoms with Gasteiger partial charge in [0.15, 0.2) is 0 Å². The Morgan fingerprint density at radius 3 is 2.27 bits per heavy atom. The van der Waals surface area contributed by atoms with E-state index in [9.17, 15) is 9.59 Å². The van der Waals surface area contributed by atoms with E-state index in [2.05, 4.69) is 5.32 Å². The van der Waals surface area contributed by atoms with E-state index in [1.165, 1.54) is 0 Å². The Balaban J connectivity index is 1.98. The van der Waals surface area contributed by atoms with Crippen LogP contribution in [-0.2, 0) is 4.74 Å². The number of carbonyl (C=O) groups is 2. The van der Waals surface area contributed by atoms with Gasteiger partial charge in [-0.3, -0.25) is 4.79 Å². The number of amides is 1. The zero-order valence-electron chi connectivity index (χ0n) is 16.5. The molecule has 0 unspecified atom stereocenters. The molecule has 0 aromatic heterocycles. The molecule has 0 heterocycles. The number of rotatable bonds is 7. The van der Waals surface area contributed by atoms with Crippen LogP contribution in [0, 0.1) is 0 Å². The Bertz CT molecular complexity index is 1030. The smallest absolute Gasteiger partial charge is 0.340 e. The van der Waals surface area contributed by atoms with Gasteiger partial charge in [0, 0.05) is 0 Å². The molecule has 0 aliphatic heterocycles. The van der Waals surface area contributed by atoms with Gasteiger partial charge >= 0.3 is 5.97 Å². The number of nitrogens with one attached hydrogen (secondary N) is 1. The first-order valence-electron chi connectivity index (χ1n) is 9.63. The van der Waals surface area contributed by atoms with E-state index < -0.39 is 11.9 Å². The highest BCUT2D eigenvalue weighted by Gasteiger charge is 2.20. The van der Waals surface area contributed by atoms with Crippen molar-refractivity contribution in [3.63, 3.8) is 0 Å². The molecule has 6 heteroatoms. The predicted octanol–water partition coefficient (Wildman–Crippen LogP) is 6.87. The number of hydrogen-bond acceptors (Lipinski definition) is 3. The fourth-order valence-electron chi connectivity index (χ4n) is 2.92. The quantitative estimate of drug-likeness (QED) is 0.321. The summed E-state index contributed by atoms with van der Waals surface area (Å²) in [5.74, 6) is -0.998. The van der Waals surface area contributed by atoms with Gasteiger partial charge in [-0.2, -0.15) is 0 Å². The van der Waals surface area contributed by atoms with Gasteiger partial charge in [0.2, 0.25) is 0 Å². The Labute approximate surface area is 185 Å². The largest absolute Gasteiger partial charge is 0.462 e. The molecule has 0 bridgehead atoms. The van der Waals surface area contributed by atoms with E-state index in [1.807, 2.05) is 43.3 Å². The normalized spacial score (nSPS) is 10.5. The molecule has 0 fully saturated rings. The summed E-state index contributed by atoms with van der Waals surface area (Å²) >= 11 is 12.3. The van der Waals surface area contributed by atoms with Crippen LogP contribution >= 0.6 is 23.2 Å². The average molecular weight is 442 g/mol. The van der Waals surface area contributed by atoms with Crippen molar-refractivity contribution < 1.29 is 14.3 Å². The van der Waals surface area contributed by atoms with Crippen molar-refractivity contribution in [1.29, 1.82) is 0 Å². The van der Waals surface area contributed by atoms with Crippen molar-refractivity contribution in [2.75, 3.05) is 11.9 Å². The summed E-state index contributed by atoms with van der Waals surface area (Å²) in [6.45, 7) is 2.33. The van der Waals surface area contributed by atoms with E-state index in [-0.39, 0.29) is 21.2 Å². The van der Waals surface area contributed by atoms with Gasteiger partial charge in [-0.05, 0) is 41.8 Å². The van der Waals surface area contributed by atoms with Crippen LogP contribution in [0.4, 0.5) is 5.69 Å². The van der Waals surface area contributed by atoms with E-state index in [0.717, 1.165) is 24.0 Å². The fraction of sp³-hybridized carbons (Fsp3) is 0.167. The molecule has 0 aliphatic rings. The summed E-state index contributed by atoms with van der Waals surface area (Å²) < 4.78 is 5.35. The van der Waals surface area contributed by atoms with Crippen LogP contribution < -0.4 is 5.32 Å². The van der Waals surface area contributed by atoms with E-state index in [4.69, 9.17) is 27.9 Å². The van der Waals surface area contributed by atoms with Crippen molar-refractivity contribution in [3.8, 4) is 11.1 Å². The second kappa shape index (κ2) is 10.3. The fourth-order valence-corrected chi connectivity index (χ4v) is 3.49. The lowest BCUT2D eigenvalue weighted by atomic mass is 10.0. The maximum atomic E-state index is 12.9. The molecule has 30 heavy (non-hydrogen) atoms. The molecule has 3 aromatic carbocycles. The first kappa shape index (κ1) is 21.9. The van der Waals surface area contributed by atoms with E-state index in [1.54, 1.807) is 30.3 Å². The molecule has 0 saturated heterocycles. The SMILES string of the molecule is CCCCOC(=O)c1ccc(-c2ccccc2)cc1NC(=O)c1c(Cl)cccc1Cl. The van der Waals surface area contributed by atoms with E-state index in [0.29, 0.717) is 12.3 Å². The van der Waals surface area contributed by atoms with Crippen molar-refractivity contribution in [2.24, 2.45) is 0 Å². The summed E-state index contributed by atoms with van der Waals surface area (Å²) in [5, 5.41) is 3.24. The number of esters is 1. The van der Waals surface area contributed by atoms with Crippen molar-refractivity contribution in [3.05, 3.63) is 87.9 Å². The molecule has 0 radical (unpaired) electrons. The second-order valence-corrected chi connectivity index (χ2v) is 7.48. The minimum absolute atomic E-state index is 0.149. The number of ether oxygens (including phenoxy) is 1. The first-order valence-corrected chi connectivity index (χ1v) is 10.4. The predicted molar refractivity (Wildman–Crippen MR) is 121 cm³/mol.